The predicted molar refractivity (Wildman–Crippen MR) is 49.7 cm³/mol. The number of hydrogen-bond donors (Lipinski definition) is 0. The largest absolute Gasteiger partial charge is 1.00 e. The molecule has 1 rings (SSSR count). The zero-order valence-electron chi connectivity index (χ0n) is 8.77. The van der Waals surface area contributed by atoms with Gasteiger partial charge in [-0.3, -0.25) is 4.21 Å². The first kappa shape index (κ1) is 14.8. The van der Waals surface area contributed by atoms with Gasteiger partial charge < -0.3 is 9.29 Å². The minimum Gasteiger partial charge on any atom is -0.768 e. The molecule has 6 heteroatoms. The normalized spacial score (nSPS) is 11.4. The van der Waals surface area contributed by atoms with Crippen molar-refractivity contribution in [3.63, 3.8) is 0 Å². The van der Waals surface area contributed by atoms with Gasteiger partial charge in [0.05, 0.1) is 12.7 Å². The number of hydrogen-bond acceptors (Lipinski definition) is 4. The third-order valence-corrected chi connectivity index (χ3v) is 2.45. The van der Waals surface area contributed by atoms with Gasteiger partial charge in [-0.1, -0.05) is 6.07 Å². The van der Waals surface area contributed by atoms with Crippen LogP contribution in [0, 0.1) is 6.92 Å². The molecule has 0 radical (unpaired) electrons. The van der Waals surface area contributed by atoms with E-state index in [4.69, 9.17) is 0 Å². The molecule has 0 aliphatic carbocycles. The third-order valence-electron chi connectivity index (χ3n) is 1.81. The molecule has 0 amide bonds. The van der Waals surface area contributed by atoms with Crippen molar-refractivity contribution in [1.82, 2.24) is 0 Å². The van der Waals surface area contributed by atoms with Gasteiger partial charge in [0.2, 0.25) is 0 Å². The van der Waals surface area contributed by atoms with E-state index in [9.17, 15) is 13.6 Å². The third kappa shape index (κ3) is 3.70. The molecule has 1 unspecified atom stereocenters. The van der Waals surface area contributed by atoms with Gasteiger partial charge >= 0.3 is 35.5 Å². The number of methoxy groups -OCH3 is 1. The molecule has 0 saturated carbocycles. The molecule has 1 aromatic carbocycles. The van der Waals surface area contributed by atoms with Crippen LogP contribution < -0.4 is 29.6 Å². The van der Waals surface area contributed by atoms with Crippen LogP contribution in [0.25, 0.3) is 0 Å². The first-order valence-corrected chi connectivity index (χ1v) is 4.92. The van der Waals surface area contributed by atoms with Crippen molar-refractivity contribution in [3.8, 4) is 0 Å². The van der Waals surface area contributed by atoms with Crippen molar-refractivity contribution in [2.24, 2.45) is 0 Å². The molecule has 0 N–H and O–H groups in total. The Morgan fingerprint density at radius 3 is 2.53 bits per heavy atom. The Labute approximate surface area is 113 Å². The van der Waals surface area contributed by atoms with E-state index in [1.54, 1.807) is 13.0 Å². The number of rotatable bonds is 2. The molecule has 0 aromatic heterocycles. The van der Waals surface area contributed by atoms with Crippen LogP contribution in [0.3, 0.4) is 0 Å². The molecule has 0 fully saturated rings. The molecular formula is C9H9NaO4S. The van der Waals surface area contributed by atoms with Crippen molar-refractivity contribution >= 4 is 17.0 Å². The summed E-state index contributed by atoms with van der Waals surface area (Å²) in [4.78, 5) is 11.3. The quantitative estimate of drug-likeness (QED) is 0.339. The smallest absolute Gasteiger partial charge is 0.768 e. The van der Waals surface area contributed by atoms with E-state index in [-0.39, 0.29) is 40.0 Å². The summed E-state index contributed by atoms with van der Waals surface area (Å²) in [5.74, 6) is -0.533. The van der Waals surface area contributed by atoms with Gasteiger partial charge in [0, 0.05) is 4.90 Å². The molecule has 76 valence electrons. The van der Waals surface area contributed by atoms with Gasteiger partial charge in [0.1, 0.15) is 0 Å². The van der Waals surface area contributed by atoms with E-state index in [2.05, 4.69) is 4.74 Å². The van der Waals surface area contributed by atoms with Gasteiger partial charge in [-0.15, -0.1) is 0 Å². The van der Waals surface area contributed by atoms with Crippen molar-refractivity contribution in [1.29, 1.82) is 0 Å². The van der Waals surface area contributed by atoms with Crippen LogP contribution in [0.5, 0.6) is 0 Å². The molecule has 0 saturated heterocycles. The summed E-state index contributed by atoms with van der Waals surface area (Å²) < 4.78 is 25.8. The first-order valence-electron chi connectivity index (χ1n) is 3.84. The predicted octanol–water partition coefficient (Wildman–Crippen LogP) is -1.98. The molecule has 1 atom stereocenters. The van der Waals surface area contributed by atoms with Gasteiger partial charge in [-0.05, 0) is 35.7 Å². The summed E-state index contributed by atoms with van der Waals surface area (Å²) >= 11 is -2.32. The Kier molecular flexibility index (Phi) is 6.31. The second-order valence-corrected chi connectivity index (χ2v) is 3.64. The van der Waals surface area contributed by atoms with Crippen molar-refractivity contribution in [2.75, 3.05) is 7.11 Å². The molecular weight excluding hydrogens is 227 g/mol. The Balaban J connectivity index is 0.00000196. The number of ether oxygens (including phenoxy) is 1. The fraction of sp³-hybridized carbons (Fsp3) is 0.222. The number of carbonyl (C=O) groups excluding carboxylic acids is 1. The fourth-order valence-corrected chi connectivity index (χ4v) is 1.43. The van der Waals surface area contributed by atoms with E-state index in [0.29, 0.717) is 5.56 Å². The molecule has 0 aliphatic rings. The zero-order valence-corrected chi connectivity index (χ0v) is 11.6. The van der Waals surface area contributed by atoms with Gasteiger partial charge in [0.25, 0.3) is 0 Å². The summed E-state index contributed by atoms with van der Waals surface area (Å²) in [5, 5.41) is 0. The van der Waals surface area contributed by atoms with Crippen LogP contribution in [0.15, 0.2) is 23.1 Å². The monoisotopic (exact) mass is 236 g/mol. The average Bonchev–Trinajstić information content (AvgIpc) is 2.17. The minimum atomic E-state index is -2.32. The van der Waals surface area contributed by atoms with Crippen LogP contribution >= 0.6 is 0 Å². The first-order chi connectivity index (χ1) is 6.56. The van der Waals surface area contributed by atoms with Crippen LogP contribution in [-0.2, 0) is 15.8 Å². The van der Waals surface area contributed by atoms with Crippen LogP contribution in [0.1, 0.15) is 15.9 Å². The van der Waals surface area contributed by atoms with Crippen LogP contribution in [-0.4, -0.2) is 21.8 Å². The topological polar surface area (TPSA) is 66.4 Å². The average molecular weight is 236 g/mol. The number of benzene rings is 1. The van der Waals surface area contributed by atoms with Crippen molar-refractivity contribution < 1.29 is 47.9 Å². The van der Waals surface area contributed by atoms with Crippen molar-refractivity contribution in [3.05, 3.63) is 29.3 Å². The van der Waals surface area contributed by atoms with Crippen molar-refractivity contribution in [2.45, 2.75) is 11.8 Å². The summed E-state index contributed by atoms with van der Waals surface area (Å²) in [5.41, 5.74) is 0.959. The van der Waals surface area contributed by atoms with Gasteiger partial charge in [-0.2, -0.15) is 0 Å². The van der Waals surface area contributed by atoms with E-state index in [1.165, 1.54) is 19.2 Å². The number of carbonyl (C=O) groups is 1. The molecule has 0 bridgehead atoms. The molecule has 0 heterocycles. The molecule has 0 spiro atoms. The number of aryl methyl sites for hydroxylation is 1. The maximum absolute atomic E-state index is 11.2. The Morgan fingerprint density at radius 1 is 1.47 bits per heavy atom. The summed E-state index contributed by atoms with van der Waals surface area (Å²) in [7, 11) is 1.25. The maximum atomic E-state index is 11.2. The zero-order chi connectivity index (χ0) is 10.7. The van der Waals surface area contributed by atoms with E-state index >= 15 is 0 Å². The van der Waals surface area contributed by atoms with Gasteiger partial charge in [-0.25, -0.2) is 4.79 Å². The Morgan fingerprint density at radius 2 is 2.07 bits per heavy atom. The number of esters is 1. The van der Waals surface area contributed by atoms with Crippen LogP contribution in [0.4, 0.5) is 0 Å². The molecule has 0 aliphatic heterocycles. The minimum absolute atomic E-state index is 0. The summed E-state index contributed by atoms with van der Waals surface area (Å²) in [6, 6.07) is 4.30. The van der Waals surface area contributed by atoms with E-state index in [0.717, 1.165) is 0 Å². The molecule has 1 aromatic rings. The Bertz CT molecular complexity index is 392. The summed E-state index contributed by atoms with van der Waals surface area (Å²) in [6.07, 6.45) is 0. The summed E-state index contributed by atoms with van der Waals surface area (Å²) in [6.45, 7) is 1.71. The second kappa shape index (κ2) is 6.40. The SMILES string of the molecule is COC(=O)c1cc(S(=O)[O-])ccc1C.[Na+]. The Hall–Kier alpha value is -0.200. The standard InChI is InChI=1S/C9H10O4S.Na/c1-6-3-4-7(14(11)12)5-8(6)9(10)13-2;/h3-5H,1-2H3,(H,11,12);/q;+1/p-1. The van der Waals surface area contributed by atoms with Crippen LogP contribution in [0.2, 0.25) is 0 Å². The molecule has 4 nitrogen and oxygen atoms in total. The van der Waals surface area contributed by atoms with Gasteiger partial charge in [0.15, 0.2) is 0 Å². The van der Waals surface area contributed by atoms with E-state index in [1.807, 2.05) is 0 Å². The van der Waals surface area contributed by atoms with E-state index < -0.39 is 17.0 Å². The maximum Gasteiger partial charge on any atom is 1.00 e. The second-order valence-electron chi connectivity index (χ2n) is 2.70. The fourth-order valence-electron chi connectivity index (χ4n) is 1.03. The molecule has 15 heavy (non-hydrogen) atoms.